The molecule has 2 fully saturated rings. The first kappa shape index (κ1) is 20.7. The van der Waals surface area contributed by atoms with Gasteiger partial charge in [-0.25, -0.2) is 0 Å². The number of rotatable bonds is 2. The standard InChI is InChI=1S/C26H29N3O3/c1-19(30)28-18-29(21-10-3-2-4-11-21)26(25(28)32)14-16-27(17-15-26)24(31)23-13-7-9-20-8-5-6-12-22(20)23/h2-6,8,10-12,23H,7,9,13-18H2,1H3. The molecule has 6 heteroatoms. The van der Waals surface area contributed by atoms with E-state index in [1.807, 2.05) is 47.4 Å². The smallest absolute Gasteiger partial charge is 0.256 e. The molecule has 0 bridgehead atoms. The highest BCUT2D eigenvalue weighted by Crippen LogP contribution is 2.41. The van der Waals surface area contributed by atoms with Crippen LogP contribution in [0.4, 0.5) is 5.69 Å². The normalized spacial score (nSPS) is 22.2. The number of nitrogens with zero attached hydrogens (tertiary/aromatic N) is 3. The van der Waals surface area contributed by atoms with Crippen molar-refractivity contribution in [1.29, 1.82) is 0 Å². The minimum atomic E-state index is -0.770. The van der Waals surface area contributed by atoms with E-state index < -0.39 is 5.54 Å². The van der Waals surface area contributed by atoms with Crippen LogP contribution in [0.25, 0.3) is 0 Å². The molecule has 1 unspecified atom stereocenters. The molecule has 6 nitrogen and oxygen atoms in total. The Balaban J connectivity index is 1.38. The minimum absolute atomic E-state index is 0.0905. The second-order valence-electron chi connectivity index (χ2n) is 9.16. The minimum Gasteiger partial charge on any atom is -0.342 e. The zero-order valence-corrected chi connectivity index (χ0v) is 18.5. The molecule has 32 heavy (non-hydrogen) atoms. The number of likely N-dealkylation sites (tertiary alicyclic amines) is 1. The quantitative estimate of drug-likeness (QED) is 0.732. The van der Waals surface area contributed by atoms with Gasteiger partial charge in [0.05, 0.1) is 5.92 Å². The highest BCUT2D eigenvalue weighted by atomic mass is 16.2. The van der Waals surface area contributed by atoms with E-state index in [0.717, 1.165) is 30.5 Å². The summed E-state index contributed by atoms with van der Waals surface area (Å²) in [7, 11) is 0. The summed E-state index contributed by atoms with van der Waals surface area (Å²) in [6.45, 7) is 2.76. The molecular weight excluding hydrogens is 402 g/mol. The summed E-state index contributed by atoms with van der Waals surface area (Å²) in [5.74, 6) is -0.284. The predicted octanol–water partition coefficient (Wildman–Crippen LogP) is 3.32. The number of imide groups is 1. The Labute approximate surface area is 188 Å². The highest BCUT2D eigenvalue weighted by molar-refractivity contribution is 6.04. The van der Waals surface area contributed by atoms with Crippen molar-refractivity contribution in [2.24, 2.45) is 0 Å². The number of hydrogen-bond donors (Lipinski definition) is 0. The number of hydrogen-bond acceptors (Lipinski definition) is 4. The van der Waals surface area contributed by atoms with Gasteiger partial charge in [0.25, 0.3) is 5.91 Å². The molecule has 3 aliphatic rings. The third-order valence-corrected chi connectivity index (χ3v) is 7.46. The van der Waals surface area contributed by atoms with Crippen LogP contribution in [0.3, 0.4) is 0 Å². The molecule has 5 rings (SSSR count). The summed E-state index contributed by atoms with van der Waals surface area (Å²) in [5, 5.41) is 0. The van der Waals surface area contributed by atoms with Crippen LogP contribution in [0.5, 0.6) is 0 Å². The Bertz CT molecular complexity index is 1040. The number of para-hydroxylation sites is 1. The van der Waals surface area contributed by atoms with Crippen molar-refractivity contribution in [2.45, 2.75) is 50.5 Å². The molecule has 2 aliphatic heterocycles. The summed E-state index contributed by atoms with van der Waals surface area (Å²) >= 11 is 0. The number of aryl methyl sites for hydroxylation is 1. The molecule has 1 aliphatic carbocycles. The van der Waals surface area contributed by atoms with Crippen LogP contribution < -0.4 is 4.90 Å². The molecule has 1 spiro atoms. The molecule has 0 N–H and O–H groups in total. The van der Waals surface area contributed by atoms with Gasteiger partial charge in [0.15, 0.2) is 0 Å². The molecule has 2 aromatic carbocycles. The molecule has 2 saturated heterocycles. The number of carbonyl (C=O) groups is 3. The Morgan fingerprint density at radius 1 is 0.969 bits per heavy atom. The summed E-state index contributed by atoms with van der Waals surface area (Å²) in [5.41, 5.74) is 2.61. The van der Waals surface area contributed by atoms with Crippen molar-refractivity contribution < 1.29 is 14.4 Å². The van der Waals surface area contributed by atoms with Gasteiger partial charge in [-0.1, -0.05) is 42.5 Å². The van der Waals surface area contributed by atoms with Gasteiger partial charge in [-0.15, -0.1) is 0 Å². The second kappa shape index (κ2) is 8.08. The molecule has 2 aromatic rings. The van der Waals surface area contributed by atoms with E-state index in [2.05, 4.69) is 17.0 Å². The summed E-state index contributed by atoms with van der Waals surface area (Å²) in [6, 6.07) is 18.1. The third-order valence-electron chi connectivity index (χ3n) is 7.46. The number of piperidine rings is 1. The maximum absolute atomic E-state index is 13.5. The number of carbonyl (C=O) groups excluding carboxylic acids is 3. The molecular formula is C26H29N3O3. The van der Waals surface area contributed by atoms with Crippen LogP contribution in [0.1, 0.15) is 49.7 Å². The maximum atomic E-state index is 13.5. The number of anilines is 1. The van der Waals surface area contributed by atoms with Gasteiger partial charge in [-0.3, -0.25) is 19.3 Å². The molecule has 0 saturated carbocycles. The molecule has 1 atom stereocenters. The van der Waals surface area contributed by atoms with Gasteiger partial charge in [-0.05, 0) is 55.4 Å². The van der Waals surface area contributed by atoms with Crippen LogP contribution in [0.2, 0.25) is 0 Å². The van der Waals surface area contributed by atoms with E-state index in [0.29, 0.717) is 25.9 Å². The molecule has 3 amide bonds. The number of amides is 3. The summed E-state index contributed by atoms with van der Waals surface area (Å²) in [4.78, 5) is 44.4. The topological polar surface area (TPSA) is 60.9 Å². The predicted molar refractivity (Wildman–Crippen MR) is 122 cm³/mol. The van der Waals surface area contributed by atoms with Crippen LogP contribution in [0.15, 0.2) is 54.6 Å². The van der Waals surface area contributed by atoms with Crippen molar-refractivity contribution >= 4 is 23.4 Å². The largest absolute Gasteiger partial charge is 0.342 e. The highest BCUT2D eigenvalue weighted by Gasteiger charge is 2.55. The van der Waals surface area contributed by atoms with E-state index in [-0.39, 0.29) is 30.3 Å². The van der Waals surface area contributed by atoms with E-state index >= 15 is 0 Å². The fourth-order valence-electron chi connectivity index (χ4n) is 5.70. The van der Waals surface area contributed by atoms with Gasteiger partial charge in [-0.2, -0.15) is 0 Å². The first-order valence-electron chi connectivity index (χ1n) is 11.5. The fourth-order valence-corrected chi connectivity index (χ4v) is 5.70. The molecule has 166 valence electrons. The van der Waals surface area contributed by atoms with Crippen molar-refractivity contribution in [3.05, 3.63) is 65.7 Å². The van der Waals surface area contributed by atoms with Crippen molar-refractivity contribution in [3.8, 4) is 0 Å². The van der Waals surface area contributed by atoms with E-state index in [4.69, 9.17) is 0 Å². The van der Waals surface area contributed by atoms with Gasteiger partial charge in [0.1, 0.15) is 12.2 Å². The van der Waals surface area contributed by atoms with E-state index in [9.17, 15) is 14.4 Å². The van der Waals surface area contributed by atoms with Gasteiger partial charge >= 0.3 is 0 Å². The fraction of sp³-hybridized carbons (Fsp3) is 0.423. The van der Waals surface area contributed by atoms with Gasteiger partial charge < -0.3 is 9.80 Å². The zero-order chi connectivity index (χ0) is 22.3. The van der Waals surface area contributed by atoms with E-state index in [1.165, 1.54) is 17.4 Å². The van der Waals surface area contributed by atoms with Gasteiger partial charge in [0.2, 0.25) is 11.8 Å². The lowest BCUT2D eigenvalue weighted by Crippen LogP contribution is -2.58. The lowest BCUT2D eigenvalue weighted by molar-refractivity contribution is -0.145. The van der Waals surface area contributed by atoms with Crippen LogP contribution in [-0.4, -0.2) is 52.8 Å². The SMILES string of the molecule is CC(=O)N1CN(c2ccccc2)C2(CCN(C(=O)C3CCCc4ccccc43)CC2)C1=O. The summed E-state index contributed by atoms with van der Waals surface area (Å²) in [6.07, 6.45) is 4.00. The van der Waals surface area contributed by atoms with E-state index in [1.54, 1.807) is 0 Å². The first-order chi connectivity index (χ1) is 15.5. The lowest BCUT2D eigenvalue weighted by atomic mass is 9.80. The Kier molecular flexibility index (Phi) is 5.24. The Hall–Kier alpha value is -3.15. The Morgan fingerprint density at radius 2 is 1.66 bits per heavy atom. The van der Waals surface area contributed by atoms with Crippen LogP contribution in [-0.2, 0) is 20.8 Å². The second-order valence-corrected chi connectivity index (χ2v) is 9.16. The van der Waals surface area contributed by atoms with Crippen molar-refractivity contribution in [3.63, 3.8) is 0 Å². The average Bonchev–Trinajstić information content (AvgIpc) is 3.11. The van der Waals surface area contributed by atoms with Crippen molar-refractivity contribution in [2.75, 3.05) is 24.7 Å². The monoisotopic (exact) mass is 431 g/mol. The van der Waals surface area contributed by atoms with Crippen molar-refractivity contribution in [1.82, 2.24) is 9.80 Å². The molecule has 2 heterocycles. The first-order valence-corrected chi connectivity index (χ1v) is 11.5. The molecule has 0 radical (unpaired) electrons. The third kappa shape index (κ3) is 3.29. The van der Waals surface area contributed by atoms with Crippen LogP contribution in [0, 0.1) is 0 Å². The van der Waals surface area contributed by atoms with Gasteiger partial charge in [0, 0.05) is 25.7 Å². The number of benzene rings is 2. The zero-order valence-electron chi connectivity index (χ0n) is 18.5. The average molecular weight is 432 g/mol. The number of fused-ring (bicyclic) bond motifs is 1. The Morgan fingerprint density at radius 3 is 2.38 bits per heavy atom. The lowest BCUT2D eigenvalue weighted by Gasteiger charge is -2.44. The maximum Gasteiger partial charge on any atom is 0.256 e. The summed E-state index contributed by atoms with van der Waals surface area (Å²) < 4.78 is 0. The molecule has 0 aromatic heterocycles. The van der Waals surface area contributed by atoms with Crippen LogP contribution >= 0.6 is 0 Å².